The zero-order chi connectivity index (χ0) is 6.10. The van der Waals surface area contributed by atoms with Gasteiger partial charge in [0.25, 0.3) is 0 Å². The Hall–Kier alpha value is -0.890. The summed E-state index contributed by atoms with van der Waals surface area (Å²) in [6.07, 6.45) is 3.95. The number of H-pyrrole nitrogens is 1. The molecule has 0 aromatic carbocycles. The molecule has 2 aromatic rings. The van der Waals surface area contributed by atoms with Crippen LogP contribution in [0.15, 0.2) is 29.9 Å². The minimum Gasteiger partial charge on any atom is -0.217 e. The summed E-state index contributed by atoms with van der Waals surface area (Å²) in [6, 6.07) is 4.19. The first-order valence-corrected chi connectivity index (χ1v) is 3.68. The molecular formula is C7H6NS+. The van der Waals surface area contributed by atoms with E-state index in [9.17, 15) is 0 Å². The molecule has 0 saturated heterocycles. The molecule has 0 bridgehead atoms. The number of thiophene rings is 1. The number of pyridine rings is 1. The number of hydrogen-bond donors (Lipinski definition) is 0. The first kappa shape index (κ1) is 4.94. The van der Waals surface area contributed by atoms with E-state index in [-0.39, 0.29) is 0 Å². The van der Waals surface area contributed by atoms with Crippen molar-refractivity contribution in [2.75, 3.05) is 0 Å². The molecule has 0 atom stereocenters. The number of fused-ring (bicyclic) bond motifs is 1. The second-order valence-electron chi connectivity index (χ2n) is 1.88. The molecule has 2 heterocycles. The summed E-state index contributed by atoms with van der Waals surface area (Å²) in [5.41, 5.74) is 0. The van der Waals surface area contributed by atoms with Gasteiger partial charge in [0.15, 0.2) is 12.4 Å². The van der Waals surface area contributed by atoms with Gasteiger partial charge in [0.2, 0.25) is 0 Å². The molecule has 0 radical (unpaired) electrons. The van der Waals surface area contributed by atoms with Crippen molar-refractivity contribution < 1.29 is 4.98 Å². The van der Waals surface area contributed by atoms with E-state index in [2.05, 4.69) is 22.5 Å². The van der Waals surface area contributed by atoms with Gasteiger partial charge in [-0.1, -0.05) is 0 Å². The van der Waals surface area contributed by atoms with E-state index < -0.39 is 0 Å². The Morgan fingerprint density at radius 3 is 3.22 bits per heavy atom. The lowest BCUT2D eigenvalue weighted by atomic mass is 10.3. The van der Waals surface area contributed by atoms with Crippen molar-refractivity contribution in [2.24, 2.45) is 0 Å². The van der Waals surface area contributed by atoms with Gasteiger partial charge in [0.1, 0.15) is 0 Å². The molecule has 0 spiro atoms. The van der Waals surface area contributed by atoms with E-state index in [4.69, 9.17) is 0 Å². The third kappa shape index (κ3) is 0.715. The highest BCUT2D eigenvalue weighted by Crippen LogP contribution is 2.16. The van der Waals surface area contributed by atoms with E-state index in [1.807, 2.05) is 12.4 Å². The smallest absolute Gasteiger partial charge is 0.184 e. The molecule has 2 heteroatoms. The van der Waals surface area contributed by atoms with Crippen LogP contribution < -0.4 is 4.98 Å². The topological polar surface area (TPSA) is 14.1 Å². The summed E-state index contributed by atoms with van der Waals surface area (Å²) in [6.45, 7) is 0. The maximum absolute atomic E-state index is 3.03. The fourth-order valence-electron chi connectivity index (χ4n) is 0.848. The molecule has 0 unspecified atom stereocenters. The fourth-order valence-corrected chi connectivity index (χ4v) is 1.62. The van der Waals surface area contributed by atoms with E-state index in [0.717, 1.165) is 0 Å². The third-order valence-electron chi connectivity index (χ3n) is 1.30. The Labute approximate surface area is 57.0 Å². The van der Waals surface area contributed by atoms with Crippen molar-refractivity contribution in [1.29, 1.82) is 0 Å². The molecular weight excluding hydrogens is 130 g/mol. The molecule has 0 saturated carbocycles. The van der Waals surface area contributed by atoms with Crippen molar-refractivity contribution in [3.05, 3.63) is 29.9 Å². The predicted molar refractivity (Wildman–Crippen MR) is 38.4 cm³/mol. The van der Waals surface area contributed by atoms with Crippen LogP contribution in [0.25, 0.3) is 10.1 Å². The Kier molecular flexibility index (Phi) is 0.993. The van der Waals surface area contributed by atoms with Crippen LogP contribution in [0.2, 0.25) is 0 Å². The quantitative estimate of drug-likeness (QED) is 0.523. The SMILES string of the molecule is c1cc2ccsc2c[nH+]1. The molecule has 0 aliphatic rings. The molecule has 2 rings (SSSR count). The van der Waals surface area contributed by atoms with Crippen LogP contribution in [-0.4, -0.2) is 0 Å². The van der Waals surface area contributed by atoms with Crippen LogP contribution in [0.5, 0.6) is 0 Å². The van der Waals surface area contributed by atoms with Gasteiger partial charge in [-0.05, 0) is 11.4 Å². The molecule has 44 valence electrons. The lowest BCUT2D eigenvalue weighted by molar-refractivity contribution is -0.375. The highest BCUT2D eigenvalue weighted by molar-refractivity contribution is 7.17. The second-order valence-corrected chi connectivity index (χ2v) is 2.83. The van der Waals surface area contributed by atoms with Crippen molar-refractivity contribution in [3.8, 4) is 0 Å². The van der Waals surface area contributed by atoms with E-state index >= 15 is 0 Å². The van der Waals surface area contributed by atoms with Crippen LogP contribution in [0.3, 0.4) is 0 Å². The van der Waals surface area contributed by atoms with Crippen molar-refractivity contribution in [2.45, 2.75) is 0 Å². The predicted octanol–water partition coefficient (Wildman–Crippen LogP) is 1.72. The normalized spacial score (nSPS) is 10.2. The third-order valence-corrected chi connectivity index (χ3v) is 2.18. The molecule has 0 aliphatic carbocycles. The highest BCUT2D eigenvalue weighted by atomic mass is 32.1. The summed E-state index contributed by atoms with van der Waals surface area (Å²) in [4.78, 5) is 3.03. The lowest BCUT2D eigenvalue weighted by Crippen LogP contribution is -1.95. The largest absolute Gasteiger partial charge is 0.217 e. The van der Waals surface area contributed by atoms with Crippen molar-refractivity contribution in [1.82, 2.24) is 0 Å². The minimum atomic E-state index is 1.32. The van der Waals surface area contributed by atoms with Gasteiger partial charge in [-0.25, -0.2) is 4.98 Å². The molecule has 0 fully saturated rings. The van der Waals surface area contributed by atoms with Gasteiger partial charge in [0, 0.05) is 11.5 Å². The van der Waals surface area contributed by atoms with Crippen LogP contribution in [0.4, 0.5) is 0 Å². The van der Waals surface area contributed by atoms with Gasteiger partial charge in [-0.15, -0.1) is 11.3 Å². The molecule has 1 N–H and O–H groups in total. The fraction of sp³-hybridized carbons (Fsp3) is 0. The highest BCUT2D eigenvalue weighted by Gasteiger charge is 1.93. The summed E-state index contributed by atoms with van der Waals surface area (Å²) < 4.78 is 1.32. The van der Waals surface area contributed by atoms with Gasteiger partial charge in [-0.3, -0.25) is 0 Å². The first-order valence-electron chi connectivity index (χ1n) is 2.80. The Balaban J connectivity index is 2.95. The van der Waals surface area contributed by atoms with E-state index in [1.54, 1.807) is 11.3 Å². The van der Waals surface area contributed by atoms with Crippen molar-refractivity contribution in [3.63, 3.8) is 0 Å². The molecule has 9 heavy (non-hydrogen) atoms. The molecule has 2 aromatic heterocycles. The first-order chi connectivity index (χ1) is 4.47. The lowest BCUT2D eigenvalue weighted by Gasteiger charge is -1.76. The van der Waals surface area contributed by atoms with Crippen molar-refractivity contribution >= 4 is 21.4 Å². The van der Waals surface area contributed by atoms with Crippen LogP contribution >= 0.6 is 11.3 Å². The number of aromatic amines is 1. The number of hydrogen-bond acceptors (Lipinski definition) is 1. The van der Waals surface area contributed by atoms with Gasteiger partial charge in [-0.2, -0.15) is 0 Å². The summed E-state index contributed by atoms with van der Waals surface area (Å²) in [5, 5.41) is 3.41. The second kappa shape index (κ2) is 1.81. The van der Waals surface area contributed by atoms with Crippen LogP contribution in [0.1, 0.15) is 0 Å². The monoisotopic (exact) mass is 136 g/mol. The van der Waals surface area contributed by atoms with Gasteiger partial charge in [0.05, 0.1) is 4.70 Å². The summed E-state index contributed by atoms with van der Waals surface area (Å²) in [5.74, 6) is 0. The molecule has 0 amide bonds. The van der Waals surface area contributed by atoms with E-state index in [1.165, 1.54) is 10.1 Å². The Morgan fingerprint density at radius 1 is 1.33 bits per heavy atom. The molecule has 0 aliphatic heterocycles. The van der Waals surface area contributed by atoms with E-state index in [0.29, 0.717) is 0 Å². The minimum absolute atomic E-state index is 1.32. The summed E-state index contributed by atoms with van der Waals surface area (Å²) >= 11 is 1.76. The van der Waals surface area contributed by atoms with Crippen LogP contribution in [0, 0.1) is 0 Å². The zero-order valence-electron chi connectivity index (χ0n) is 4.79. The zero-order valence-corrected chi connectivity index (χ0v) is 5.61. The average molecular weight is 136 g/mol. The maximum Gasteiger partial charge on any atom is 0.184 e. The number of rotatable bonds is 0. The standard InChI is InChI=1S/C7H5NS/c1-3-8-5-7-6(1)2-4-9-7/h1-5H/p+1. The van der Waals surface area contributed by atoms with Gasteiger partial charge >= 0.3 is 0 Å². The average Bonchev–Trinajstić information content (AvgIpc) is 2.33. The Bertz CT molecular complexity index is 283. The number of aromatic nitrogens is 1. The van der Waals surface area contributed by atoms with Gasteiger partial charge < -0.3 is 0 Å². The molecule has 1 nitrogen and oxygen atoms in total. The van der Waals surface area contributed by atoms with Crippen LogP contribution in [-0.2, 0) is 0 Å². The Morgan fingerprint density at radius 2 is 2.33 bits per heavy atom. The maximum atomic E-state index is 3.03. The number of nitrogens with one attached hydrogen (secondary N) is 1. The summed E-state index contributed by atoms with van der Waals surface area (Å²) in [7, 11) is 0.